The predicted molar refractivity (Wildman–Crippen MR) is 75.1 cm³/mol. The standard InChI is InChI=1S/C16H12F5NO2/c17-12-6-3-10(7-13(12)18)15(24)22-8-14(23)9-1-4-11(5-2-9)16(19,20)21/h1-7,14,23H,8H2,(H,22,24)/t14-/m0/s1. The van der Waals surface area contributed by atoms with Crippen LogP contribution in [0.2, 0.25) is 0 Å². The lowest BCUT2D eigenvalue weighted by Crippen LogP contribution is -2.28. The average molecular weight is 345 g/mol. The fourth-order valence-electron chi connectivity index (χ4n) is 1.94. The Hall–Kier alpha value is -2.48. The zero-order valence-electron chi connectivity index (χ0n) is 12.1. The molecule has 8 heteroatoms. The van der Waals surface area contributed by atoms with E-state index < -0.39 is 35.4 Å². The van der Waals surface area contributed by atoms with Gasteiger partial charge in [-0.05, 0) is 35.9 Å². The van der Waals surface area contributed by atoms with Gasteiger partial charge in [0.15, 0.2) is 11.6 Å². The fraction of sp³-hybridized carbons (Fsp3) is 0.188. The second kappa shape index (κ2) is 6.96. The molecule has 24 heavy (non-hydrogen) atoms. The summed E-state index contributed by atoms with van der Waals surface area (Å²) in [5.74, 6) is -3.04. The molecule has 0 saturated heterocycles. The van der Waals surface area contributed by atoms with Crippen LogP contribution >= 0.6 is 0 Å². The van der Waals surface area contributed by atoms with Gasteiger partial charge < -0.3 is 10.4 Å². The second-order valence-electron chi connectivity index (χ2n) is 4.97. The summed E-state index contributed by atoms with van der Waals surface area (Å²) in [6.45, 7) is -0.302. The Morgan fingerprint density at radius 2 is 1.67 bits per heavy atom. The number of carbonyl (C=O) groups is 1. The highest BCUT2D eigenvalue weighted by atomic mass is 19.4. The largest absolute Gasteiger partial charge is 0.416 e. The Balaban J connectivity index is 1.98. The van der Waals surface area contributed by atoms with Crippen molar-refractivity contribution in [3.05, 3.63) is 70.8 Å². The molecular formula is C16H12F5NO2. The van der Waals surface area contributed by atoms with Crippen LogP contribution in [0, 0.1) is 11.6 Å². The molecule has 2 aromatic rings. The SMILES string of the molecule is O=C(NC[C@H](O)c1ccc(C(F)(F)F)cc1)c1ccc(F)c(F)c1. The summed E-state index contributed by atoms with van der Waals surface area (Å²) in [6.07, 6.45) is -5.73. The minimum Gasteiger partial charge on any atom is -0.387 e. The molecule has 1 atom stereocenters. The zero-order valence-corrected chi connectivity index (χ0v) is 12.1. The molecule has 0 aliphatic carbocycles. The van der Waals surface area contributed by atoms with Gasteiger partial charge in [0.05, 0.1) is 11.7 Å². The van der Waals surface area contributed by atoms with E-state index in [-0.39, 0.29) is 17.7 Å². The van der Waals surface area contributed by atoms with Gasteiger partial charge in [-0.2, -0.15) is 13.2 Å². The van der Waals surface area contributed by atoms with E-state index in [4.69, 9.17) is 0 Å². The van der Waals surface area contributed by atoms with E-state index in [1.165, 1.54) is 0 Å². The van der Waals surface area contributed by atoms with Crippen LogP contribution in [0.4, 0.5) is 22.0 Å². The van der Waals surface area contributed by atoms with Gasteiger partial charge in [-0.15, -0.1) is 0 Å². The molecule has 0 unspecified atom stereocenters. The summed E-state index contributed by atoms with van der Waals surface area (Å²) >= 11 is 0. The van der Waals surface area contributed by atoms with Crippen molar-refractivity contribution in [1.82, 2.24) is 5.32 Å². The van der Waals surface area contributed by atoms with Crippen molar-refractivity contribution < 1.29 is 31.9 Å². The second-order valence-corrected chi connectivity index (χ2v) is 4.97. The van der Waals surface area contributed by atoms with Crippen LogP contribution in [-0.4, -0.2) is 17.6 Å². The monoisotopic (exact) mass is 345 g/mol. The number of carbonyl (C=O) groups excluding carboxylic acids is 1. The van der Waals surface area contributed by atoms with Crippen molar-refractivity contribution in [3.63, 3.8) is 0 Å². The minimum absolute atomic E-state index is 0.145. The molecule has 1 amide bonds. The number of hydrogen-bond acceptors (Lipinski definition) is 2. The van der Waals surface area contributed by atoms with Gasteiger partial charge in [-0.3, -0.25) is 4.79 Å². The van der Waals surface area contributed by atoms with Gasteiger partial charge in [0, 0.05) is 12.1 Å². The molecular weight excluding hydrogens is 333 g/mol. The van der Waals surface area contributed by atoms with E-state index in [2.05, 4.69) is 5.32 Å². The first kappa shape index (κ1) is 17.9. The molecule has 0 heterocycles. The van der Waals surface area contributed by atoms with Crippen LogP contribution in [0.5, 0.6) is 0 Å². The van der Waals surface area contributed by atoms with Gasteiger partial charge in [0.2, 0.25) is 0 Å². The quantitative estimate of drug-likeness (QED) is 0.834. The van der Waals surface area contributed by atoms with Crippen molar-refractivity contribution in [1.29, 1.82) is 0 Å². The number of aliphatic hydroxyl groups excluding tert-OH is 1. The number of benzene rings is 2. The van der Waals surface area contributed by atoms with Crippen molar-refractivity contribution in [2.24, 2.45) is 0 Å². The number of alkyl halides is 3. The topological polar surface area (TPSA) is 49.3 Å². The lowest BCUT2D eigenvalue weighted by Gasteiger charge is -2.14. The van der Waals surface area contributed by atoms with Crippen molar-refractivity contribution in [3.8, 4) is 0 Å². The summed E-state index contributed by atoms with van der Waals surface area (Å²) < 4.78 is 63.2. The fourth-order valence-corrected chi connectivity index (χ4v) is 1.94. The number of aliphatic hydroxyl groups is 1. The van der Waals surface area contributed by atoms with Crippen LogP contribution in [0.25, 0.3) is 0 Å². The van der Waals surface area contributed by atoms with E-state index in [0.717, 1.165) is 36.4 Å². The van der Waals surface area contributed by atoms with Gasteiger partial charge >= 0.3 is 6.18 Å². The third-order valence-corrected chi connectivity index (χ3v) is 3.26. The number of nitrogens with one attached hydrogen (secondary N) is 1. The van der Waals surface area contributed by atoms with E-state index in [9.17, 15) is 31.9 Å². The van der Waals surface area contributed by atoms with Crippen LogP contribution in [0.15, 0.2) is 42.5 Å². The molecule has 0 aliphatic heterocycles. The maximum atomic E-state index is 13.0. The Bertz CT molecular complexity index is 728. The van der Waals surface area contributed by atoms with E-state index in [0.29, 0.717) is 6.07 Å². The first-order valence-corrected chi connectivity index (χ1v) is 6.77. The lowest BCUT2D eigenvalue weighted by molar-refractivity contribution is -0.137. The van der Waals surface area contributed by atoms with Crippen molar-refractivity contribution >= 4 is 5.91 Å². The molecule has 128 valence electrons. The Morgan fingerprint density at radius 3 is 2.21 bits per heavy atom. The van der Waals surface area contributed by atoms with Crippen molar-refractivity contribution in [2.75, 3.05) is 6.54 Å². The molecule has 0 spiro atoms. The summed E-state index contributed by atoms with van der Waals surface area (Å²) in [7, 11) is 0. The van der Waals surface area contributed by atoms with Crippen LogP contribution in [-0.2, 0) is 6.18 Å². The van der Waals surface area contributed by atoms with Gasteiger partial charge in [-0.1, -0.05) is 12.1 Å². The maximum Gasteiger partial charge on any atom is 0.416 e. The summed E-state index contributed by atoms with van der Waals surface area (Å²) in [4.78, 5) is 11.8. The molecule has 2 rings (SSSR count). The smallest absolute Gasteiger partial charge is 0.387 e. The highest BCUT2D eigenvalue weighted by molar-refractivity contribution is 5.94. The summed E-state index contributed by atoms with van der Waals surface area (Å²) in [6, 6.07) is 6.38. The average Bonchev–Trinajstić information content (AvgIpc) is 2.54. The summed E-state index contributed by atoms with van der Waals surface area (Å²) in [5, 5.41) is 12.2. The normalized spacial score (nSPS) is 12.8. The third kappa shape index (κ3) is 4.29. The Morgan fingerprint density at radius 1 is 1.04 bits per heavy atom. The minimum atomic E-state index is -4.48. The third-order valence-electron chi connectivity index (χ3n) is 3.26. The van der Waals surface area contributed by atoms with Gasteiger partial charge in [-0.25, -0.2) is 8.78 Å². The highest BCUT2D eigenvalue weighted by Crippen LogP contribution is 2.29. The van der Waals surface area contributed by atoms with Crippen LogP contribution in [0.1, 0.15) is 27.6 Å². The lowest BCUT2D eigenvalue weighted by atomic mass is 10.1. The van der Waals surface area contributed by atoms with E-state index in [1.807, 2.05) is 0 Å². The van der Waals surface area contributed by atoms with Crippen molar-refractivity contribution in [2.45, 2.75) is 12.3 Å². The molecule has 0 aliphatic rings. The Kier molecular flexibility index (Phi) is 5.18. The van der Waals surface area contributed by atoms with Gasteiger partial charge in [0.1, 0.15) is 0 Å². The molecule has 0 bridgehead atoms. The maximum absolute atomic E-state index is 13.0. The zero-order chi connectivity index (χ0) is 17.9. The number of hydrogen-bond donors (Lipinski definition) is 2. The first-order valence-electron chi connectivity index (χ1n) is 6.77. The molecule has 0 radical (unpaired) electrons. The molecule has 0 fully saturated rings. The summed E-state index contributed by atoms with van der Waals surface area (Å²) in [5.41, 5.74) is -0.827. The molecule has 2 aromatic carbocycles. The molecule has 0 saturated carbocycles. The van der Waals surface area contributed by atoms with Crippen LogP contribution < -0.4 is 5.32 Å². The van der Waals surface area contributed by atoms with E-state index >= 15 is 0 Å². The number of amides is 1. The highest BCUT2D eigenvalue weighted by Gasteiger charge is 2.30. The van der Waals surface area contributed by atoms with Gasteiger partial charge in [0.25, 0.3) is 5.91 Å². The molecule has 0 aromatic heterocycles. The van der Waals surface area contributed by atoms with E-state index in [1.54, 1.807) is 0 Å². The Labute approximate surface area is 133 Å². The predicted octanol–water partition coefficient (Wildman–Crippen LogP) is 3.45. The molecule has 3 nitrogen and oxygen atoms in total. The van der Waals surface area contributed by atoms with Crippen LogP contribution in [0.3, 0.4) is 0 Å². The molecule has 2 N–H and O–H groups in total. The number of rotatable bonds is 4. The first-order chi connectivity index (χ1) is 11.2. The number of halogens is 5.